The molecule has 0 amide bonds. The fourth-order valence-corrected chi connectivity index (χ4v) is 0. The number of rotatable bonds is 0. The summed E-state index contributed by atoms with van der Waals surface area (Å²) < 4.78 is 0. The third-order valence-corrected chi connectivity index (χ3v) is 0. The first-order chi connectivity index (χ1) is 1.41. The molecule has 0 aliphatic rings. The van der Waals surface area contributed by atoms with E-state index < -0.39 is 0 Å². The average Bonchev–Trinajstić information content (AvgIpc) is 0.918. The molecule has 0 spiro atoms. The fourth-order valence-electron chi connectivity index (χ4n) is 0. The minimum absolute atomic E-state index is 0. The number of hydrogen-bond acceptors (Lipinski definition) is 1. The molecule has 1 nitrogen and oxygen atoms in total. The molecule has 0 saturated carbocycles. The van der Waals surface area contributed by atoms with E-state index in [0.29, 0.717) is 5.18 Å². The minimum Gasteiger partial charge on any atom is -1.00 e. The summed E-state index contributed by atoms with van der Waals surface area (Å²) in [5, 5.41) is 0.688. The van der Waals surface area contributed by atoms with Gasteiger partial charge in [-0.05, 0) is 0 Å². The van der Waals surface area contributed by atoms with Gasteiger partial charge in [0.2, 0.25) is 0 Å². The van der Waals surface area contributed by atoms with Crippen LogP contribution in [0.4, 0.5) is 0 Å². The molecule has 0 saturated heterocycles. The Morgan fingerprint density at radius 2 is 2.00 bits per heavy atom. The standard InChI is InChI=1S/CH2OSe.Na.H/c2-1-3;;/h1H,(H,2,3);;/q;+1;-1. The van der Waals surface area contributed by atoms with Gasteiger partial charge in [0.25, 0.3) is 0 Å². The predicted molar refractivity (Wildman–Crippen MR) is 15.0 cm³/mol. The van der Waals surface area contributed by atoms with Crippen molar-refractivity contribution in [2.24, 2.45) is 0 Å². The van der Waals surface area contributed by atoms with E-state index in [1.807, 2.05) is 0 Å². The van der Waals surface area contributed by atoms with Gasteiger partial charge < -0.3 is 1.43 Å². The molecular formula is CH3NaOSe. The van der Waals surface area contributed by atoms with E-state index in [2.05, 4.69) is 0 Å². The zero-order valence-electron chi connectivity index (χ0n) is 3.43. The van der Waals surface area contributed by atoms with Crippen molar-refractivity contribution in [3.05, 3.63) is 0 Å². The van der Waals surface area contributed by atoms with Crippen LogP contribution in [-0.2, 0) is 4.79 Å². The van der Waals surface area contributed by atoms with Crippen LogP contribution in [0, 0.1) is 0 Å². The maximum absolute atomic E-state index is 8.78. The Hall–Kier alpha value is 1.19. The number of hydrogen-bond donors (Lipinski definition) is 0. The van der Waals surface area contributed by atoms with Crippen LogP contribution >= 0.6 is 0 Å². The molecule has 0 heterocycles. The van der Waals surface area contributed by atoms with Crippen molar-refractivity contribution >= 4 is 21.2 Å². The summed E-state index contributed by atoms with van der Waals surface area (Å²) in [7, 11) is 0. The Bertz CT molecular complexity index is 19.1. The Morgan fingerprint density at radius 1 is 2.00 bits per heavy atom. The van der Waals surface area contributed by atoms with Crippen LogP contribution < -0.4 is 29.6 Å². The summed E-state index contributed by atoms with van der Waals surface area (Å²) in [6.07, 6.45) is 0. The van der Waals surface area contributed by atoms with Crippen LogP contribution in [0.1, 0.15) is 1.43 Å². The topological polar surface area (TPSA) is 17.1 Å². The maximum atomic E-state index is 8.78. The summed E-state index contributed by atoms with van der Waals surface area (Å²) in [5.74, 6) is 0. The molecule has 20 valence electrons. The molecule has 0 rings (SSSR count). The van der Waals surface area contributed by atoms with E-state index in [1.165, 1.54) is 0 Å². The molecule has 3 heteroatoms. The Morgan fingerprint density at radius 3 is 2.00 bits per heavy atom. The molecule has 0 aliphatic carbocycles. The Kier molecular flexibility index (Phi) is 19.9. The quantitative estimate of drug-likeness (QED) is 0.244. The van der Waals surface area contributed by atoms with Crippen LogP contribution in [0.2, 0.25) is 0 Å². The van der Waals surface area contributed by atoms with Crippen LogP contribution in [0.5, 0.6) is 0 Å². The zero-order chi connectivity index (χ0) is 2.71. The molecule has 0 aromatic rings. The number of carbonyl (C=O) groups excluding carboxylic acids is 1. The van der Waals surface area contributed by atoms with Crippen LogP contribution in [0.15, 0.2) is 0 Å². The van der Waals surface area contributed by atoms with Gasteiger partial charge in [-0.1, -0.05) is 0 Å². The van der Waals surface area contributed by atoms with Gasteiger partial charge in [-0.15, -0.1) is 0 Å². The first-order valence-electron chi connectivity index (χ1n) is 0.494. The van der Waals surface area contributed by atoms with Gasteiger partial charge >= 0.3 is 55.5 Å². The SMILES string of the molecule is O=C[SeH].[H-].[Na+]. The van der Waals surface area contributed by atoms with Gasteiger partial charge in [0.15, 0.2) is 0 Å². The normalized spacial score (nSPS) is 3.25. The van der Waals surface area contributed by atoms with E-state index in [0.717, 1.165) is 0 Å². The summed E-state index contributed by atoms with van der Waals surface area (Å²) in [4.78, 5) is 8.78. The van der Waals surface area contributed by atoms with Gasteiger partial charge in [-0.25, -0.2) is 0 Å². The molecule has 0 radical (unpaired) electrons. The smallest absolute Gasteiger partial charge is 1.00 e. The second kappa shape index (κ2) is 8.89. The van der Waals surface area contributed by atoms with Crippen molar-refractivity contribution in [2.45, 2.75) is 0 Å². The minimum atomic E-state index is 0. The Labute approximate surface area is 56.7 Å². The molecule has 4 heavy (non-hydrogen) atoms. The monoisotopic (exact) mass is 134 g/mol. The molecule has 0 unspecified atom stereocenters. The second-order valence-electron chi connectivity index (χ2n) is 0.105. The molecule has 0 aromatic carbocycles. The van der Waals surface area contributed by atoms with E-state index >= 15 is 0 Å². The molecular weight excluding hydrogens is 130 g/mol. The van der Waals surface area contributed by atoms with Crippen molar-refractivity contribution < 1.29 is 35.8 Å². The summed E-state index contributed by atoms with van der Waals surface area (Å²) in [6.45, 7) is 0. The average molecular weight is 133 g/mol. The predicted octanol–water partition coefficient (Wildman–Crippen LogP) is -3.81. The zero-order valence-corrected chi connectivity index (χ0v) is 6.31. The van der Waals surface area contributed by atoms with Crippen molar-refractivity contribution in [1.82, 2.24) is 0 Å². The summed E-state index contributed by atoms with van der Waals surface area (Å²) in [6, 6.07) is 0. The van der Waals surface area contributed by atoms with E-state index in [9.17, 15) is 0 Å². The fraction of sp³-hybridized carbons (Fsp3) is 0. The van der Waals surface area contributed by atoms with E-state index in [4.69, 9.17) is 4.79 Å². The summed E-state index contributed by atoms with van der Waals surface area (Å²) >= 11 is 1.78. The van der Waals surface area contributed by atoms with E-state index in [-0.39, 0.29) is 31.0 Å². The van der Waals surface area contributed by atoms with Gasteiger partial charge in [0.1, 0.15) is 0 Å². The van der Waals surface area contributed by atoms with Crippen molar-refractivity contribution in [3.8, 4) is 0 Å². The van der Waals surface area contributed by atoms with Crippen LogP contribution in [0.25, 0.3) is 0 Å². The second-order valence-corrected chi connectivity index (χ2v) is 0.548. The van der Waals surface area contributed by atoms with Crippen molar-refractivity contribution in [2.75, 3.05) is 0 Å². The molecule has 0 atom stereocenters. The van der Waals surface area contributed by atoms with Gasteiger partial charge in [-0.3, -0.25) is 0 Å². The van der Waals surface area contributed by atoms with Gasteiger partial charge in [0, 0.05) is 0 Å². The molecule has 0 aliphatic heterocycles. The van der Waals surface area contributed by atoms with Gasteiger partial charge in [-0.2, -0.15) is 0 Å². The first kappa shape index (κ1) is 8.95. The van der Waals surface area contributed by atoms with Gasteiger partial charge in [0.05, 0.1) is 0 Å². The summed E-state index contributed by atoms with van der Waals surface area (Å²) in [5.41, 5.74) is 0. The molecule has 0 fully saturated rings. The van der Waals surface area contributed by atoms with Crippen LogP contribution in [0.3, 0.4) is 0 Å². The van der Waals surface area contributed by atoms with Crippen molar-refractivity contribution in [1.29, 1.82) is 0 Å². The van der Waals surface area contributed by atoms with E-state index in [1.54, 1.807) is 16.0 Å². The third kappa shape index (κ3) is 10.8. The molecule has 0 bridgehead atoms. The van der Waals surface area contributed by atoms with Crippen LogP contribution in [-0.4, -0.2) is 21.2 Å². The third-order valence-electron chi connectivity index (χ3n) is 0. The molecule has 0 aromatic heterocycles. The van der Waals surface area contributed by atoms with Crippen molar-refractivity contribution in [3.63, 3.8) is 0 Å². The number of carbonyl (C=O) groups is 1. The molecule has 0 N–H and O–H groups in total. The Balaban J connectivity index is -0.0000000200. The maximum Gasteiger partial charge on any atom is 1.00 e. The largest absolute Gasteiger partial charge is 1.00 e. The first-order valence-corrected chi connectivity index (χ1v) is 1.58.